The molecule has 4 aromatic rings. The van der Waals surface area contributed by atoms with Crippen LogP contribution in [0.3, 0.4) is 0 Å². The Hall–Kier alpha value is -3.61. The van der Waals surface area contributed by atoms with E-state index < -0.39 is 5.97 Å². The predicted molar refractivity (Wildman–Crippen MR) is 99.0 cm³/mol. The molecule has 0 unspecified atom stereocenters. The Morgan fingerprint density at radius 3 is 2.67 bits per heavy atom. The number of nitrogens with zero attached hydrogens (tertiary/aromatic N) is 4. The SMILES string of the molecule is CCOC(=O)c1nn(-c2ccccc2)cc1OCc1cn2ccccc2n1. The zero-order valence-corrected chi connectivity index (χ0v) is 14.8. The maximum absolute atomic E-state index is 12.3. The third-order valence-corrected chi connectivity index (χ3v) is 3.96. The number of hydrogen-bond donors (Lipinski definition) is 0. The lowest BCUT2D eigenvalue weighted by atomic mass is 10.3. The largest absolute Gasteiger partial charge is 0.483 e. The maximum atomic E-state index is 12.3. The zero-order valence-electron chi connectivity index (χ0n) is 14.8. The second-order valence-corrected chi connectivity index (χ2v) is 5.83. The van der Waals surface area contributed by atoms with Crippen LogP contribution in [0.4, 0.5) is 0 Å². The number of carbonyl (C=O) groups excluding carboxylic acids is 1. The molecule has 1 aromatic carbocycles. The van der Waals surface area contributed by atoms with Gasteiger partial charge in [0.05, 0.1) is 24.2 Å². The Morgan fingerprint density at radius 1 is 1.07 bits per heavy atom. The molecule has 0 aliphatic carbocycles. The minimum absolute atomic E-state index is 0.143. The topological polar surface area (TPSA) is 70.6 Å². The fourth-order valence-electron chi connectivity index (χ4n) is 2.73. The number of fused-ring (bicyclic) bond motifs is 1. The van der Waals surface area contributed by atoms with Gasteiger partial charge in [-0.15, -0.1) is 0 Å². The van der Waals surface area contributed by atoms with Crippen molar-refractivity contribution in [2.24, 2.45) is 0 Å². The van der Waals surface area contributed by atoms with Crippen molar-refractivity contribution < 1.29 is 14.3 Å². The molecular weight excluding hydrogens is 344 g/mol. The Bertz CT molecular complexity index is 1040. The van der Waals surface area contributed by atoms with Crippen molar-refractivity contribution in [1.82, 2.24) is 19.2 Å². The van der Waals surface area contributed by atoms with Gasteiger partial charge < -0.3 is 13.9 Å². The molecule has 0 amide bonds. The lowest BCUT2D eigenvalue weighted by Crippen LogP contribution is -2.08. The third-order valence-electron chi connectivity index (χ3n) is 3.96. The van der Waals surface area contributed by atoms with Crippen molar-refractivity contribution in [3.05, 3.63) is 78.5 Å². The maximum Gasteiger partial charge on any atom is 0.362 e. The lowest BCUT2D eigenvalue weighted by Gasteiger charge is -2.03. The van der Waals surface area contributed by atoms with Crippen molar-refractivity contribution in [3.63, 3.8) is 0 Å². The van der Waals surface area contributed by atoms with Crippen LogP contribution in [0.1, 0.15) is 23.1 Å². The second-order valence-electron chi connectivity index (χ2n) is 5.83. The highest BCUT2D eigenvalue weighted by molar-refractivity contribution is 5.90. The average Bonchev–Trinajstić information content (AvgIpc) is 3.31. The number of ether oxygens (including phenoxy) is 2. The first kappa shape index (κ1) is 16.8. The van der Waals surface area contributed by atoms with E-state index in [1.807, 2.05) is 65.3 Å². The van der Waals surface area contributed by atoms with Gasteiger partial charge in [-0.05, 0) is 31.2 Å². The Kier molecular flexibility index (Phi) is 4.57. The Morgan fingerprint density at radius 2 is 1.89 bits per heavy atom. The minimum atomic E-state index is -0.516. The molecule has 3 heterocycles. The fourth-order valence-corrected chi connectivity index (χ4v) is 2.73. The highest BCUT2D eigenvalue weighted by atomic mass is 16.5. The summed E-state index contributed by atoms with van der Waals surface area (Å²) in [6, 6.07) is 15.3. The van der Waals surface area contributed by atoms with Crippen LogP contribution in [0, 0.1) is 0 Å². The van der Waals surface area contributed by atoms with Crippen LogP contribution in [0.5, 0.6) is 5.75 Å². The summed E-state index contributed by atoms with van der Waals surface area (Å²) in [5.74, 6) is -0.161. The second kappa shape index (κ2) is 7.33. The van der Waals surface area contributed by atoms with Gasteiger partial charge in [0.1, 0.15) is 12.3 Å². The van der Waals surface area contributed by atoms with E-state index in [9.17, 15) is 4.79 Å². The summed E-state index contributed by atoms with van der Waals surface area (Å²) in [7, 11) is 0. The van der Waals surface area contributed by atoms with Gasteiger partial charge in [0, 0.05) is 12.4 Å². The summed E-state index contributed by atoms with van der Waals surface area (Å²) in [6.07, 6.45) is 5.49. The van der Waals surface area contributed by atoms with Crippen LogP contribution in [0.25, 0.3) is 11.3 Å². The van der Waals surface area contributed by atoms with Crippen LogP contribution in [0.2, 0.25) is 0 Å². The van der Waals surface area contributed by atoms with E-state index in [2.05, 4.69) is 10.1 Å². The van der Waals surface area contributed by atoms with E-state index in [0.29, 0.717) is 5.75 Å². The van der Waals surface area contributed by atoms with Gasteiger partial charge in [-0.1, -0.05) is 24.3 Å². The van der Waals surface area contributed by atoms with Gasteiger partial charge in [-0.25, -0.2) is 14.5 Å². The first-order chi connectivity index (χ1) is 13.2. The number of carbonyl (C=O) groups is 1. The molecule has 27 heavy (non-hydrogen) atoms. The molecule has 0 atom stereocenters. The van der Waals surface area contributed by atoms with Crippen molar-refractivity contribution in [2.45, 2.75) is 13.5 Å². The van der Waals surface area contributed by atoms with Gasteiger partial charge in [-0.3, -0.25) is 0 Å². The van der Waals surface area contributed by atoms with Crippen molar-refractivity contribution >= 4 is 11.6 Å². The summed E-state index contributed by atoms with van der Waals surface area (Å²) in [5, 5.41) is 4.35. The standard InChI is InChI=1S/C20H18N4O3/c1-2-26-20(25)19-17(13-24(22-19)16-8-4-3-5-9-16)27-14-15-12-23-11-7-6-10-18(23)21-15/h3-13H,2,14H2,1H3. The molecule has 0 spiro atoms. The molecule has 7 nitrogen and oxygen atoms in total. The number of hydrogen-bond acceptors (Lipinski definition) is 5. The van der Waals surface area contributed by atoms with Crippen molar-refractivity contribution in [2.75, 3.05) is 6.61 Å². The first-order valence-electron chi connectivity index (χ1n) is 8.62. The molecule has 0 aliphatic rings. The molecular formula is C20H18N4O3. The minimum Gasteiger partial charge on any atom is -0.483 e. The highest BCUT2D eigenvalue weighted by Gasteiger charge is 2.20. The van der Waals surface area contributed by atoms with Crippen LogP contribution in [-0.4, -0.2) is 31.7 Å². The molecule has 0 fully saturated rings. The summed E-state index contributed by atoms with van der Waals surface area (Å²) >= 11 is 0. The van der Waals surface area contributed by atoms with E-state index in [0.717, 1.165) is 17.0 Å². The van der Waals surface area contributed by atoms with E-state index in [4.69, 9.17) is 9.47 Å². The molecule has 4 rings (SSSR count). The first-order valence-corrected chi connectivity index (χ1v) is 8.62. The predicted octanol–water partition coefficient (Wildman–Crippen LogP) is 3.28. The van der Waals surface area contributed by atoms with Gasteiger partial charge in [0.2, 0.25) is 5.69 Å². The molecule has 0 saturated heterocycles. The summed E-state index contributed by atoms with van der Waals surface area (Å²) in [5.41, 5.74) is 2.56. The quantitative estimate of drug-likeness (QED) is 0.492. The molecule has 0 saturated carbocycles. The summed E-state index contributed by atoms with van der Waals surface area (Å²) in [6.45, 7) is 2.24. The molecule has 0 N–H and O–H groups in total. The average molecular weight is 362 g/mol. The number of imidazole rings is 1. The number of pyridine rings is 1. The number of esters is 1. The van der Waals surface area contributed by atoms with Crippen LogP contribution in [-0.2, 0) is 11.3 Å². The highest BCUT2D eigenvalue weighted by Crippen LogP contribution is 2.22. The van der Waals surface area contributed by atoms with E-state index >= 15 is 0 Å². The zero-order chi connectivity index (χ0) is 18.6. The Balaban J connectivity index is 1.61. The number of aromatic nitrogens is 4. The molecule has 0 bridgehead atoms. The van der Waals surface area contributed by atoms with E-state index in [1.54, 1.807) is 17.8 Å². The lowest BCUT2D eigenvalue weighted by molar-refractivity contribution is 0.0514. The van der Waals surface area contributed by atoms with Gasteiger partial charge >= 0.3 is 5.97 Å². The van der Waals surface area contributed by atoms with E-state index in [1.165, 1.54) is 0 Å². The number of benzene rings is 1. The van der Waals surface area contributed by atoms with Crippen LogP contribution >= 0.6 is 0 Å². The van der Waals surface area contributed by atoms with Gasteiger partial charge in [0.25, 0.3) is 0 Å². The number of para-hydroxylation sites is 1. The fraction of sp³-hybridized carbons (Fsp3) is 0.150. The van der Waals surface area contributed by atoms with E-state index in [-0.39, 0.29) is 18.9 Å². The number of rotatable bonds is 6. The molecule has 136 valence electrons. The Labute approximate surface area is 155 Å². The smallest absolute Gasteiger partial charge is 0.362 e. The molecule has 0 radical (unpaired) electrons. The molecule has 0 aliphatic heterocycles. The van der Waals surface area contributed by atoms with Crippen molar-refractivity contribution in [3.8, 4) is 11.4 Å². The summed E-state index contributed by atoms with van der Waals surface area (Å²) < 4.78 is 14.5. The molecule has 3 aromatic heterocycles. The van der Waals surface area contributed by atoms with Crippen LogP contribution in [0.15, 0.2) is 67.1 Å². The van der Waals surface area contributed by atoms with Gasteiger partial charge in [0.15, 0.2) is 5.75 Å². The van der Waals surface area contributed by atoms with Crippen LogP contribution < -0.4 is 4.74 Å². The normalized spacial score (nSPS) is 10.9. The van der Waals surface area contributed by atoms with Gasteiger partial charge in [-0.2, -0.15) is 5.10 Å². The summed E-state index contributed by atoms with van der Waals surface area (Å²) in [4.78, 5) is 16.8. The third kappa shape index (κ3) is 3.52. The monoisotopic (exact) mass is 362 g/mol. The van der Waals surface area contributed by atoms with Crippen molar-refractivity contribution in [1.29, 1.82) is 0 Å². The molecule has 7 heteroatoms.